The highest BCUT2D eigenvalue weighted by atomic mass is 16.5. The molecule has 0 bridgehead atoms. The number of ketones is 1. The normalized spacial score (nSPS) is 51.4. The minimum atomic E-state index is -0.509. The average molecular weight is 501 g/mol. The summed E-state index contributed by atoms with van der Waals surface area (Å²) in [6.07, 6.45) is 7.21. The molecule has 5 heteroatoms. The quantitative estimate of drug-likeness (QED) is 0.404. The molecule has 5 nitrogen and oxygen atoms in total. The summed E-state index contributed by atoms with van der Waals surface area (Å²) in [5.74, 6) is 1.18. The smallest absolute Gasteiger partial charge is 0.312 e. The van der Waals surface area contributed by atoms with E-state index < -0.39 is 16.9 Å². The predicted octanol–water partition coefficient (Wildman–Crippen LogP) is 5.33. The van der Waals surface area contributed by atoms with Gasteiger partial charge in [-0.25, -0.2) is 0 Å². The number of esters is 1. The highest BCUT2D eigenvalue weighted by Crippen LogP contribution is 2.77. The summed E-state index contributed by atoms with van der Waals surface area (Å²) < 4.78 is 5.43. The number of carbonyl (C=O) groups is 2. The van der Waals surface area contributed by atoms with Crippen LogP contribution in [0.4, 0.5) is 0 Å². The van der Waals surface area contributed by atoms with Gasteiger partial charge in [0.05, 0.1) is 25.2 Å². The zero-order valence-electron chi connectivity index (χ0n) is 23.4. The van der Waals surface area contributed by atoms with Gasteiger partial charge < -0.3 is 14.9 Å². The monoisotopic (exact) mass is 500 g/mol. The lowest BCUT2D eigenvalue weighted by Gasteiger charge is -2.73. The van der Waals surface area contributed by atoms with Crippen LogP contribution in [0, 0.1) is 56.7 Å². The van der Waals surface area contributed by atoms with E-state index in [9.17, 15) is 19.8 Å². The molecule has 5 aliphatic carbocycles. The highest BCUT2D eigenvalue weighted by Gasteiger charge is 2.73. The van der Waals surface area contributed by atoms with Crippen LogP contribution in [0.15, 0.2) is 12.2 Å². The van der Waals surface area contributed by atoms with Gasteiger partial charge in [0.15, 0.2) is 0 Å². The van der Waals surface area contributed by atoms with E-state index in [0.717, 1.165) is 50.5 Å². The van der Waals surface area contributed by atoms with Crippen LogP contribution in [0.1, 0.15) is 92.4 Å². The Morgan fingerprint density at radius 2 is 1.72 bits per heavy atom. The first-order chi connectivity index (χ1) is 16.7. The van der Waals surface area contributed by atoms with Crippen molar-refractivity contribution in [1.29, 1.82) is 0 Å². The molecule has 0 spiro atoms. The number of hydrogen-bond acceptors (Lipinski definition) is 5. The third kappa shape index (κ3) is 3.02. The molecule has 0 saturated heterocycles. The Hall–Kier alpha value is -1.20. The molecule has 0 heterocycles. The van der Waals surface area contributed by atoms with Gasteiger partial charge in [-0.15, -0.1) is 0 Å². The number of Topliss-reactive ketones (excluding diaryl/α,β-unsaturated/α-hetero) is 1. The molecule has 10 atom stereocenters. The summed E-state index contributed by atoms with van der Waals surface area (Å²) in [4.78, 5) is 26.4. The molecular weight excluding hydrogens is 452 g/mol. The third-order valence-electron chi connectivity index (χ3n) is 13.4. The maximum Gasteiger partial charge on any atom is 0.312 e. The SMILES string of the molecule is C=C(CO)[C@@H]1CC[C@]2(C(=O)OC)CC[C@]3(C)[C@H](CC[C@@H]4[C@@]5(C)CCC(=O)C(C)(C)[C@@H]5[C@H](O)C[C@]43C)[C@@H]12. The molecule has 2 N–H and O–H groups in total. The molecule has 0 radical (unpaired) electrons. The Morgan fingerprint density at radius 3 is 2.36 bits per heavy atom. The van der Waals surface area contributed by atoms with Crippen LogP contribution < -0.4 is 0 Å². The zero-order chi connectivity index (χ0) is 26.5. The molecule has 0 unspecified atom stereocenters. The molecule has 0 aromatic heterocycles. The van der Waals surface area contributed by atoms with Crippen molar-refractivity contribution in [1.82, 2.24) is 0 Å². The van der Waals surface area contributed by atoms with Crippen LogP contribution >= 0.6 is 0 Å². The fraction of sp³-hybridized carbons (Fsp3) is 0.871. The number of methoxy groups -OCH3 is 1. The Balaban J connectivity index is 1.60. The minimum absolute atomic E-state index is 0.0179. The Morgan fingerprint density at radius 1 is 1.03 bits per heavy atom. The maximum atomic E-state index is 13.4. The Kier molecular flexibility index (Phi) is 5.98. The zero-order valence-corrected chi connectivity index (χ0v) is 23.4. The molecule has 5 fully saturated rings. The Labute approximate surface area is 217 Å². The number of fused-ring (bicyclic) bond motifs is 7. The summed E-state index contributed by atoms with van der Waals surface area (Å²) in [6, 6.07) is 0. The van der Waals surface area contributed by atoms with Crippen molar-refractivity contribution in [2.45, 2.75) is 98.5 Å². The summed E-state index contributed by atoms with van der Waals surface area (Å²) in [5, 5.41) is 21.9. The van der Waals surface area contributed by atoms with Crippen LogP contribution in [0.5, 0.6) is 0 Å². The fourth-order valence-electron chi connectivity index (χ4n) is 11.7. The van der Waals surface area contributed by atoms with E-state index in [0.29, 0.717) is 30.5 Å². The topological polar surface area (TPSA) is 83.8 Å². The highest BCUT2D eigenvalue weighted by molar-refractivity contribution is 5.85. The first-order valence-corrected chi connectivity index (χ1v) is 14.3. The first-order valence-electron chi connectivity index (χ1n) is 14.3. The van der Waals surface area contributed by atoms with Crippen molar-refractivity contribution in [2.24, 2.45) is 56.7 Å². The van der Waals surface area contributed by atoms with Crippen LogP contribution in [0.25, 0.3) is 0 Å². The minimum Gasteiger partial charge on any atom is -0.469 e. The number of aliphatic hydroxyl groups is 2. The second-order valence-corrected chi connectivity index (χ2v) is 14.6. The van der Waals surface area contributed by atoms with E-state index >= 15 is 0 Å². The van der Waals surface area contributed by atoms with E-state index in [1.807, 2.05) is 0 Å². The van der Waals surface area contributed by atoms with E-state index in [1.165, 1.54) is 7.11 Å². The van der Waals surface area contributed by atoms with Gasteiger partial charge in [-0.05, 0) is 96.9 Å². The largest absolute Gasteiger partial charge is 0.469 e. The molecule has 0 amide bonds. The number of hydrogen-bond donors (Lipinski definition) is 2. The van der Waals surface area contributed by atoms with Gasteiger partial charge in [0.1, 0.15) is 5.78 Å². The number of carbonyl (C=O) groups excluding carboxylic acids is 2. The second-order valence-electron chi connectivity index (χ2n) is 14.6. The van der Waals surface area contributed by atoms with Crippen molar-refractivity contribution in [2.75, 3.05) is 13.7 Å². The van der Waals surface area contributed by atoms with Crippen LogP contribution in [-0.2, 0) is 14.3 Å². The van der Waals surface area contributed by atoms with Gasteiger partial charge in [0, 0.05) is 17.8 Å². The van der Waals surface area contributed by atoms with E-state index in [1.54, 1.807) is 0 Å². The van der Waals surface area contributed by atoms with E-state index in [4.69, 9.17) is 4.74 Å². The first kappa shape index (κ1) is 26.4. The average Bonchev–Trinajstić information content (AvgIpc) is 3.21. The van der Waals surface area contributed by atoms with Crippen molar-refractivity contribution >= 4 is 11.8 Å². The summed E-state index contributed by atoms with van der Waals surface area (Å²) in [7, 11) is 1.51. The molecular formula is C31H48O5. The lowest BCUT2D eigenvalue weighted by Crippen LogP contribution is -2.69. The molecule has 0 aromatic carbocycles. The standard InChI is InChI=1S/C31H48O5/c1-18(17-32)19-10-13-31(26(35)36-7)15-14-29(5)20(24(19)31)8-9-22-28(4)12-11-23(34)27(2,3)25(28)21(33)16-30(22,29)6/h19-22,24-25,32-33H,1,8-17H2,2-7H3/t19-,20+,21+,22+,24+,25-,28+,29+,30+,31-/m0/s1. The van der Waals surface area contributed by atoms with Crippen molar-refractivity contribution in [3.8, 4) is 0 Å². The maximum absolute atomic E-state index is 13.4. The molecule has 0 aliphatic heterocycles. The third-order valence-corrected chi connectivity index (χ3v) is 13.4. The molecule has 36 heavy (non-hydrogen) atoms. The summed E-state index contributed by atoms with van der Waals surface area (Å²) in [5.41, 5.74) is -0.370. The van der Waals surface area contributed by atoms with Crippen molar-refractivity contribution < 1.29 is 24.5 Å². The predicted molar refractivity (Wildman–Crippen MR) is 139 cm³/mol. The lowest BCUT2D eigenvalue weighted by atomic mass is 9.32. The van der Waals surface area contributed by atoms with Crippen LogP contribution in [-0.4, -0.2) is 41.8 Å². The van der Waals surface area contributed by atoms with Gasteiger partial charge >= 0.3 is 5.97 Å². The molecule has 5 saturated carbocycles. The summed E-state index contributed by atoms with van der Waals surface area (Å²) >= 11 is 0. The van der Waals surface area contributed by atoms with Crippen molar-refractivity contribution in [3.05, 3.63) is 12.2 Å². The fourth-order valence-corrected chi connectivity index (χ4v) is 11.7. The number of aliphatic hydroxyl groups excluding tert-OH is 2. The van der Waals surface area contributed by atoms with Gasteiger partial charge in [0.25, 0.3) is 0 Å². The van der Waals surface area contributed by atoms with E-state index in [-0.39, 0.29) is 46.6 Å². The second kappa shape index (κ2) is 8.15. The summed E-state index contributed by atoms with van der Waals surface area (Å²) in [6.45, 7) is 15.6. The number of ether oxygens (including phenoxy) is 1. The molecule has 5 rings (SSSR count). The molecule has 5 aliphatic rings. The van der Waals surface area contributed by atoms with E-state index in [2.05, 4.69) is 41.2 Å². The lowest BCUT2D eigenvalue weighted by molar-refractivity contribution is -0.259. The molecule has 0 aromatic rings. The van der Waals surface area contributed by atoms with Gasteiger partial charge in [-0.2, -0.15) is 0 Å². The van der Waals surface area contributed by atoms with Gasteiger partial charge in [-0.1, -0.05) is 41.2 Å². The van der Waals surface area contributed by atoms with Crippen LogP contribution in [0.3, 0.4) is 0 Å². The number of rotatable bonds is 3. The van der Waals surface area contributed by atoms with Gasteiger partial charge in [-0.3, -0.25) is 9.59 Å². The Bertz CT molecular complexity index is 970. The molecule has 202 valence electrons. The van der Waals surface area contributed by atoms with Crippen molar-refractivity contribution in [3.63, 3.8) is 0 Å². The van der Waals surface area contributed by atoms with Gasteiger partial charge in [0.2, 0.25) is 0 Å². The van der Waals surface area contributed by atoms with Crippen LogP contribution in [0.2, 0.25) is 0 Å².